The summed E-state index contributed by atoms with van der Waals surface area (Å²) in [5, 5.41) is 17.3. The van der Waals surface area contributed by atoms with E-state index in [1.807, 2.05) is 230 Å². The Kier molecular flexibility index (Phi) is 28.1. The highest BCUT2D eigenvalue weighted by Gasteiger charge is 2.13. The molecule has 0 bridgehead atoms. The molecule has 7 heteroatoms. The number of furan rings is 6. The molecule has 126 heavy (non-hydrogen) atoms. The van der Waals surface area contributed by atoms with Crippen LogP contribution in [0.25, 0.3) is 152 Å². The van der Waals surface area contributed by atoms with E-state index in [2.05, 4.69) is 276 Å². The lowest BCUT2D eigenvalue weighted by Gasteiger charge is -1.93. The van der Waals surface area contributed by atoms with Crippen molar-refractivity contribution in [2.45, 2.75) is 76.2 Å². The number of thiophene rings is 1. The first-order valence-corrected chi connectivity index (χ1v) is 43.5. The summed E-state index contributed by atoms with van der Waals surface area (Å²) in [6.45, 7) is 23.1. The van der Waals surface area contributed by atoms with E-state index in [1.54, 1.807) is 0 Å². The highest BCUT2D eigenvalue weighted by Crippen LogP contribution is 2.38. The van der Waals surface area contributed by atoms with E-state index in [0.717, 1.165) is 67.0 Å². The Bertz CT molecular complexity index is 7320. The van der Waals surface area contributed by atoms with Crippen LogP contribution in [0.5, 0.6) is 0 Å². The minimum atomic E-state index is 0.966. The lowest BCUT2D eigenvalue weighted by Crippen LogP contribution is -1.72. The zero-order valence-electron chi connectivity index (χ0n) is 73.2. The Labute approximate surface area is 740 Å². The fraction of sp³-hybridized carbons (Fsp3) is 0.0924. The van der Waals surface area contributed by atoms with Crippen LogP contribution in [0.4, 0.5) is 0 Å². The van der Waals surface area contributed by atoms with Crippen LogP contribution < -0.4 is 0 Å². The molecule has 25 rings (SSSR count). The third-order valence-electron chi connectivity index (χ3n) is 21.8. The second-order valence-corrected chi connectivity index (χ2v) is 32.7. The third-order valence-corrected chi connectivity index (χ3v) is 23.1. The maximum absolute atomic E-state index is 5.78. The van der Waals surface area contributed by atoms with Crippen molar-refractivity contribution in [3.63, 3.8) is 0 Å². The minimum Gasteiger partial charge on any atom is -0.456 e. The second kappa shape index (κ2) is 41.2. The third kappa shape index (κ3) is 21.2. The van der Waals surface area contributed by atoms with Crippen molar-refractivity contribution < 1.29 is 26.5 Å². The van der Waals surface area contributed by atoms with Gasteiger partial charge in [0, 0.05) is 84.8 Å². The van der Waals surface area contributed by atoms with Gasteiger partial charge in [-0.3, -0.25) is 0 Å². The van der Waals surface area contributed by atoms with Gasteiger partial charge in [0.15, 0.2) is 0 Å². The van der Waals surface area contributed by atoms with Crippen molar-refractivity contribution >= 4 is 163 Å². The molecule has 620 valence electrons. The van der Waals surface area contributed by atoms with Gasteiger partial charge in [0.2, 0.25) is 0 Å². The number of hydrogen-bond donors (Lipinski definition) is 0. The summed E-state index contributed by atoms with van der Waals surface area (Å²) in [7, 11) is 0. The normalized spacial score (nSPS) is 10.7. The smallest absolute Gasteiger partial charge is 0.138 e. The molecule has 0 aliphatic carbocycles. The SMILES string of the molecule is Cc1ccc2c(c1)oc1ccccc12.Cc1ccc2oc3ccccc3c2c1.Cc1ccc2oc3ccccc3c2c1.Cc1cccc2c1oc1ccccc12.Cc1cccc2c1sc1ccccc12.Cc1cccc2oc3ccccc3c12.Cc1cccc2oc3ccccc3c12.Cc1ccccc1.Cc1ccccc1.Cc1ccccc1.Cc1ccccc1. The molecule has 0 atom stereocenters. The molecule has 0 aliphatic heterocycles. The second-order valence-electron chi connectivity index (χ2n) is 31.6. The molecule has 0 N–H and O–H groups in total. The van der Waals surface area contributed by atoms with Crippen LogP contribution in [0.3, 0.4) is 0 Å². The van der Waals surface area contributed by atoms with Crippen LogP contribution in [0.15, 0.2) is 445 Å². The highest BCUT2D eigenvalue weighted by molar-refractivity contribution is 7.26. The highest BCUT2D eigenvalue weighted by atomic mass is 32.1. The standard InChI is InChI=1S/6C13H10O.C13H10S.4C7H8/c1-9-5-4-7-11-10-6-2-3-8-12(10)14-13(9)11;2*1-9-5-4-8-12-13(9)10-6-2-3-7-11(10)14-12;2*1-9-6-7-13-11(8-9)10-4-2-3-5-12(10)14-13;1-9-6-7-11-10-4-2-3-5-12(10)14-13(11)8-9;1-9-5-4-7-11-10-6-2-3-8-12(10)14-13(9)11;4*1-7-5-3-2-4-6-7/h7*2-8H,1H3;4*2-6H,1H3. The van der Waals surface area contributed by atoms with E-state index in [-0.39, 0.29) is 0 Å². The first-order chi connectivity index (χ1) is 61.5. The molecule has 7 heterocycles. The van der Waals surface area contributed by atoms with Crippen molar-refractivity contribution in [2.75, 3.05) is 0 Å². The molecular formula is C119H102O6S. The number of aryl methyl sites for hydroxylation is 11. The van der Waals surface area contributed by atoms with Gasteiger partial charge in [0.25, 0.3) is 0 Å². The van der Waals surface area contributed by atoms with Crippen molar-refractivity contribution in [3.8, 4) is 0 Å². The van der Waals surface area contributed by atoms with Gasteiger partial charge in [0.1, 0.15) is 67.0 Å². The fourth-order valence-corrected chi connectivity index (χ4v) is 16.5. The molecule has 0 spiro atoms. The monoisotopic (exact) mass is 1660 g/mol. The van der Waals surface area contributed by atoms with E-state index in [9.17, 15) is 0 Å². The van der Waals surface area contributed by atoms with Gasteiger partial charge in [-0.2, -0.15) is 0 Å². The average molecular weight is 1660 g/mol. The number of para-hydroxylation sites is 7. The molecule has 6 nitrogen and oxygen atoms in total. The molecule has 18 aromatic carbocycles. The summed E-state index contributed by atoms with van der Waals surface area (Å²) in [5.41, 5.74) is 25.9. The fourth-order valence-electron chi connectivity index (χ4n) is 15.3. The van der Waals surface area contributed by atoms with Gasteiger partial charge >= 0.3 is 0 Å². The van der Waals surface area contributed by atoms with Gasteiger partial charge in [-0.1, -0.05) is 367 Å². The summed E-state index contributed by atoms with van der Waals surface area (Å²) < 4.78 is 37.2. The Morgan fingerprint density at radius 2 is 0.421 bits per heavy atom. The van der Waals surface area contributed by atoms with Gasteiger partial charge in [-0.25, -0.2) is 0 Å². The number of benzene rings is 18. The maximum Gasteiger partial charge on any atom is 0.138 e. The summed E-state index contributed by atoms with van der Waals surface area (Å²) in [5.74, 6) is 0. The predicted octanol–water partition coefficient (Wildman–Crippen LogP) is 35.7. The Balaban J connectivity index is 0.000000108. The van der Waals surface area contributed by atoms with Gasteiger partial charge < -0.3 is 26.5 Å². The molecule has 0 aliphatic rings. The number of fused-ring (bicyclic) bond motifs is 21. The Morgan fingerprint density at radius 3 is 0.841 bits per heavy atom. The van der Waals surface area contributed by atoms with Crippen LogP contribution >= 0.6 is 11.3 Å². The summed E-state index contributed by atoms with van der Waals surface area (Å²) >= 11 is 1.89. The summed E-state index contributed by atoms with van der Waals surface area (Å²) in [6, 6.07) is 142. The maximum atomic E-state index is 5.78. The van der Waals surface area contributed by atoms with Crippen LogP contribution in [-0.2, 0) is 0 Å². The van der Waals surface area contributed by atoms with Gasteiger partial charge in [0.05, 0.1) is 0 Å². The molecule has 0 amide bonds. The van der Waals surface area contributed by atoms with Crippen LogP contribution in [0.1, 0.15) is 61.2 Å². The van der Waals surface area contributed by atoms with Crippen molar-refractivity contribution in [3.05, 3.63) is 480 Å². The largest absolute Gasteiger partial charge is 0.456 e. The van der Waals surface area contributed by atoms with Crippen molar-refractivity contribution in [2.24, 2.45) is 0 Å². The average Bonchev–Trinajstić information content (AvgIpc) is 1.63. The van der Waals surface area contributed by atoms with E-state index in [4.69, 9.17) is 26.5 Å². The lowest BCUT2D eigenvalue weighted by molar-refractivity contribution is 0.665. The van der Waals surface area contributed by atoms with Crippen LogP contribution in [0, 0.1) is 76.2 Å². The zero-order chi connectivity index (χ0) is 87.3. The predicted molar refractivity (Wildman–Crippen MR) is 540 cm³/mol. The summed E-state index contributed by atoms with van der Waals surface area (Å²) in [4.78, 5) is 0. The van der Waals surface area contributed by atoms with Crippen LogP contribution in [0.2, 0.25) is 0 Å². The quantitative estimate of drug-likeness (QED) is 0.151. The van der Waals surface area contributed by atoms with E-state index in [0.29, 0.717) is 0 Å². The summed E-state index contributed by atoms with van der Waals surface area (Å²) in [6.07, 6.45) is 0. The van der Waals surface area contributed by atoms with Crippen molar-refractivity contribution in [1.82, 2.24) is 0 Å². The molecule has 25 aromatic rings. The lowest BCUT2D eigenvalue weighted by atomic mass is 10.1. The molecule has 0 fully saturated rings. The molecule has 0 saturated carbocycles. The molecule has 0 radical (unpaired) electrons. The molecule has 7 aromatic heterocycles. The Hall–Kier alpha value is -15.0. The Morgan fingerprint density at radius 1 is 0.151 bits per heavy atom. The van der Waals surface area contributed by atoms with Crippen LogP contribution in [-0.4, -0.2) is 0 Å². The van der Waals surface area contributed by atoms with E-state index < -0.39 is 0 Å². The van der Waals surface area contributed by atoms with Gasteiger partial charge in [-0.05, 0) is 189 Å². The topological polar surface area (TPSA) is 78.8 Å². The first-order valence-electron chi connectivity index (χ1n) is 42.7. The number of rotatable bonds is 0. The number of hydrogen-bond acceptors (Lipinski definition) is 7. The van der Waals surface area contributed by atoms with Gasteiger partial charge in [-0.15, -0.1) is 11.3 Å². The van der Waals surface area contributed by atoms with E-state index >= 15 is 0 Å². The molecule has 0 saturated heterocycles. The van der Waals surface area contributed by atoms with E-state index in [1.165, 1.54) is 146 Å². The first kappa shape index (κ1) is 85.9. The molecular weight excluding hydrogens is 1560 g/mol. The van der Waals surface area contributed by atoms with Crippen molar-refractivity contribution in [1.29, 1.82) is 0 Å². The molecule has 0 unspecified atom stereocenters. The zero-order valence-corrected chi connectivity index (χ0v) is 74.0. The minimum absolute atomic E-state index is 0.966.